The summed E-state index contributed by atoms with van der Waals surface area (Å²) in [6.45, 7) is 33.5. The Morgan fingerprint density at radius 2 is 1.56 bits per heavy atom. The summed E-state index contributed by atoms with van der Waals surface area (Å²) in [7, 11) is 0. The lowest BCUT2D eigenvalue weighted by atomic mass is 9.83. The molecule has 1 fully saturated rings. The highest BCUT2D eigenvalue weighted by atomic mass is 15.1. The normalized spacial score (nSPS) is 19.6. The van der Waals surface area contributed by atoms with Gasteiger partial charge < -0.3 is 4.90 Å². The van der Waals surface area contributed by atoms with Gasteiger partial charge in [0.25, 0.3) is 0 Å². The van der Waals surface area contributed by atoms with Gasteiger partial charge in [-0.15, -0.1) is 0 Å². The van der Waals surface area contributed by atoms with Crippen molar-refractivity contribution in [3.05, 3.63) is 130 Å². The average molecular weight is 584 g/mol. The lowest BCUT2D eigenvalue weighted by molar-refractivity contribution is 0.425. The van der Waals surface area contributed by atoms with Crippen molar-refractivity contribution in [2.45, 2.75) is 128 Å². The predicted octanol–water partition coefficient (Wildman–Crippen LogP) is 13.4. The van der Waals surface area contributed by atoms with Crippen LogP contribution in [-0.2, 0) is 6.42 Å². The van der Waals surface area contributed by atoms with Crippen LogP contribution in [0.15, 0.2) is 124 Å². The molecule has 1 aliphatic carbocycles. The van der Waals surface area contributed by atoms with Crippen molar-refractivity contribution in [1.82, 2.24) is 4.90 Å². The van der Waals surface area contributed by atoms with E-state index < -0.39 is 0 Å². The smallest absolute Gasteiger partial charge is 0.0257 e. The fraction of sp³-hybridized carbons (Fsp3) is 0.476. The van der Waals surface area contributed by atoms with Gasteiger partial charge in [-0.2, -0.15) is 0 Å². The van der Waals surface area contributed by atoms with E-state index in [0.29, 0.717) is 0 Å². The van der Waals surface area contributed by atoms with Crippen LogP contribution >= 0.6 is 0 Å². The summed E-state index contributed by atoms with van der Waals surface area (Å²) in [5.41, 5.74) is 13.7. The number of hydrogen-bond donors (Lipinski definition) is 0. The first-order valence-electron chi connectivity index (χ1n) is 17.0. The van der Waals surface area contributed by atoms with Crippen LogP contribution in [-0.4, -0.2) is 11.4 Å². The van der Waals surface area contributed by atoms with E-state index in [9.17, 15) is 0 Å². The quantitative estimate of drug-likeness (QED) is 0.261. The molecule has 0 atom stereocenters. The molecule has 1 heterocycles. The van der Waals surface area contributed by atoms with Crippen molar-refractivity contribution < 1.29 is 0 Å². The van der Waals surface area contributed by atoms with Crippen molar-refractivity contribution in [1.29, 1.82) is 0 Å². The molecule has 1 aromatic carbocycles. The molecule has 43 heavy (non-hydrogen) atoms. The maximum Gasteiger partial charge on any atom is 0.0257 e. The maximum absolute atomic E-state index is 4.37. The molecule has 1 heteroatoms. The Bertz CT molecular complexity index is 1150. The maximum atomic E-state index is 4.37. The largest absolute Gasteiger partial charge is 0.349 e. The zero-order valence-electron chi connectivity index (χ0n) is 30.0. The topological polar surface area (TPSA) is 3.24 Å². The van der Waals surface area contributed by atoms with Crippen LogP contribution in [0.2, 0.25) is 0 Å². The molecule has 3 rings (SSSR count). The molecule has 238 valence electrons. The summed E-state index contributed by atoms with van der Waals surface area (Å²) >= 11 is 0. The second kappa shape index (κ2) is 23.4. The van der Waals surface area contributed by atoms with Gasteiger partial charge in [-0.1, -0.05) is 141 Å². The van der Waals surface area contributed by atoms with E-state index in [1.54, 1.807) is 5.57 Å². The first-order valence-corrected chi connectivity index (χ1v) is 17.0. The Hall–Kier alpha value is -3.06. The van der Waals surface area contributed by atoms with Gasteiger partial charge >= 0.3 is 0 Å². The third kappa shape index (κ3) is 13.4. The second-order valence-electron chi connectivity index (χ2n) is 10.9. The van der Waals surface area contributed by atoms with E-state index in [-0.39, 0.29) is 0 Å². The van der Waals surface area contributed by atoms with Gasteiger partial charge in [0, 0.05) is 23.5 Å². The molecule has 1 saturated carbocycles. The Morgan fingerprint density at radius 3 is 2.00 bits per heavy atom. The van der Waals surface area contributed by atoms with Crippen LogP contribution in [0.3, 0.4) is 0 Å². The van der Waals surface area contributed by atoms with Crippen LogP contribution < -0.4 is 0 Å². The third-order valence-electron chi connectivity index (χ3n) is 7.46. The lowest BCUT2D eigenvalue weighted by Crippen LogP contribution is -2.24. The molecule has 2 aliphatic rings. The fourth-order valence-corrected chi connectivity index (χ4v) is 5.16. The van der Waals surface area contributed by atoms with E-state index >= 15 is 0 Å². The minimum atomic E-state index is 0.956. The van der Waals surface area contributed by atoms with Crippen LogP contribution in [0.25, 0.3) is 0 Å². The number of benzene rings is 1. The van der Waals surface area contributed by atoms with Crippen molar-refractivity contribution >= 4 is 0 Å². The highest BCUT2D eigenvalue weighted by molar-refractivity contribution is 5.65. The molecule has 0 N–H and O–H groups in total. The van der Waals surface area contributed by atoms with Gasteiger partial charge in [-0.25, -0.2) is 0 Å². The SMILES string of the molecule is C=CC(=C)/C(CC)=C(C(C)=C1CC1)/C1=C(\CCC)N(CC)/C(C)=C/C/C=C\C=C\1C.CC.CCC.CCc1ccccc1. The second-order valence-corrected chi connectivity index (χ2v) is 10.9. The zero-order chi connectivity index (χ0) is 32.8. The highest BCUT2D eigenvalue weighted by Crippen LogP contribution is 2.43. The Balaban J connectivity index is 0.00000113. The summed E-state index contributed by atoms with van der Waals surface area (Å²) < 4.78 is 0. The molecule has 1 aromatic rings. The van der Waals surface area contributed by atoms with Crippen molar-refractivity contribution in [2.24, 2.45) is 0 Å². The molecule has 0 radical (unpaired) electrons. The standard InChI is InChI=1S/C29H41N.C8H10.C3H8.C2H6/c1-9-16-27-28(22(6)17-14-13-15-18-23(7)30(27)12-4)29(24(8)25-19-20-25)26(11-3)21(5)10-2;1-2-8-6-4-3-5-7-8;1-3-2;1-2/h10,13-14,17-18H,2,5,9,11-12,15-16,19-20H2,1,3-4,6-8H3;3-7H,2H2,1H3;3H2,1-2H3;1-2H3/b14-13-,22-17+,23-18+,28-27+,29-26+;;;. The van der Waals surface area contributed by atoms with Crippen LogP contribution in [0.1, 0.15) is 127 Å². The van der Waals surface area contributed by atoms with Crippen LogP contribution in [0, 0.1) is 0 Å². The lowest BCUT2D eigenvalue weighted by Gasteiger charge is -2.32. The van der Waals surface area contributed by atoms with Gasteiger partial charge in [0.1, 0.15) is 0 Å². The van der Waals surface area contributed by atoms with Crippen LogP contribution in [0.4, 0.5) is 0 Å². The van der Waals surface area contributed by atoms with Gasteiger partial charge in [0.2, 0.25) is 0 Å². The molecule has 0 saturated heterocycles. The number of allylic oxidation sites excluding steroid dienone is 14. The third-order valence-corrected chi connectivity index (χ3v) is 7.46. The Kier molecular flexibility index (Phi) is 21.7. The van der Waals surface area contributed by atoms with E-state index in [1.165, 1.54) is 64.1 Å². The summed E-state index contributed by atoms with van der Waals surface area (Å²) in [6, 6.07) is 10.5. The summed E-state index contributed by atoms with van der Waals surface area (Å²) in [6.07, 6.45) is 20.0. The first kappa shape index (κ1) is 39.9. The van der Waals surface area contributed by atoms with Gasteiger partial charge in [0.15, 0.2) is 0 Å². The number of hydrogen-bond acceptors (Lipinski definition) is 1. The van der Waals surface area contributed by atoms with Gasteiger partial charge in [-0.3, -0.25) is 0 Å². The molecular weight excluding hydrogens is 518 g/mol. The summed E-state index contributed by atoms with van der Waals surface area (Å²) in [5.74, 6) is 0. The molecule has 1 nitrogen and oxygen atoms in total. The van der Waals surface area contributed by atoms with Crippen molar-refractivity contribution in [2.75, 3.05) is 6.54 Å². The van der Waals surface area contributed by atoms with E-state index in [1.807, 2.05) is 26.0 Å². The molecule has 0 spiro atoms. The molecule has 0 unspecified atom stereocenters. The minimum absolute atomic E-state index is 0.956. The van der Waals surface area contributed by atoms with Crippen molar-refractivity contribution in [3.63, 3.8) is 0 Å². The number of aryl methyl sites for hydroxylation is 1. The van der Waals surface area contributed by atoms with E-state index in [2.05, 4.69) is 129 Å². The molecule has 1 aliphatic heterocycles. The highest BCUT2D eigenvalue weighted by Gasteiger charge is 2.26. The molecule has 0 bridgehead atoms. The van der Waals surface area contributed by atoms with E-state index in [4.69, 9.17) is 0 Å². The Labute approximate surface area is 268 Å². The molecule has 0 amide bonds. The van der Waals surface area contributed by atoms with E-state index in [0.717, 1.165) is 44.2 Å². The average Bonchev–Trinajstić information content (AvgIpc) is 3.88. The number of nitrogens with zero attached hydrogens (tertiary/aromatic N) is 1. The van der Waals surface area contributed by atoms with Gasteiger partial charge in [0.05, 0.1) is 0 Å². The Morgan fingerprint density at radius 1 is 0.953 bits per heavy atom. The van der Waals surface area contributed by atoms with Crippen LogP contribution in [0.5, 0.6) is 0 Å². The molecule has 0 aromatic heterocycles. The van der Waals surface area contributed by atoms with Crippen molar-refractivity contribution in [3.8, 4) is 0 Å². The zero-order valence-corrected chi connectivity index (χ0v) is 30.0. The molecular formula is C42H65N. The predicted molar refractivity (Wildman–Crippen MR) is 197 cm³/mol. The first-order chi connectivity index (χ1) is 20.7. The monoisotopic (exact) mass is 584 g/mol. The van der Waals surface area contributed by atoms with Gasteiger partial charge in [-0.05, 0) is 99.6 Å². The number of rotatable bonds is 9. The fourth-order valence-electron chi connectivity index (χ4n) is 5.16. The summed E-state index contributed by atoms with van der Waals surface area (Å²) in [4.78, 5) is 2.53. The summed E-state index contributed by atoms with van der Waals surface area (Å²) in [5, 5.41) is 0. The minimum Gasteiger partial charge on any atom is -0.349 e.